The first-order valence-electron chi connectivity index (χ1n) is 10.8. The number of morpholine rings is 1. The van der Waals surface area contributed by atoms with E-state index in [0.29, 0.717) is 31.3 Å². The van der Waals surface area contributed by atoms with Gasteiger partial charge in [-0.2, -0.15) is 0 Å². The van der Waals surface area contributed by atoms with Crippen molar-refractivity contribution < 1.29 is 17.9 Å². The Morgan fingerprint density at radius 2 is 1.88 bits per heavy atom. The molecule has 2 heterocycles. The predicted octanol–water partition coefficient (Wildman–Crippen LogP) is 4.27. The van der Waals surface area contributed by atoms with Crippen molar-refractivity contribution in [1.82, 2.24) is 19.5 Å². The van der Waals surface area contributed by atoms with Crippen LogP contribution in [-0.2, 0) is 21.3 Å². The summed E-state index contributed by atoms with van der Waals surface area (Å²) in [5, 5.41) is 8.78. The summed E-state index contributed by atoms with van der Waals surface area (Å²) >= 11 is 11.9. The van der Waals surface area contributed by atoms with Gasteiger partial charge in [-0.15, -0.1) is 5.10 Å². The monoisotopic (exact) mass is 525 g/mol. The fourth-order valence-electron chi connectivity index (χ4n) is 3.66. The number of benzene rings is 2. The molecule has 0 radical (unpaired) electrons. The topological polar surface area (TPSA) is 98.6 Å². The maximum atomic E-state index is 12.8. The van der Waals surface area contributed by atoms with Crippen LogP contribution < -0.4 is 14.4 Å². The first-order valence-corrected chi connectivity index (χ1v) is 13.0. The molecule has 1 aromatic heterocycles. The van der Waals surface area contributed by atoms with Gasteiger partial charge in [-0.3, -0.25) is 4.57 Å². The molecule has 0 bridgehead atoms. The largest absolute Gasteiger partial charge is 0.424 e. The third-order valence-corrected chi connectivity index (χ3v) is 7.66. The zero-order valence-electron chi connectivity index (χ0n) is 18.7. The van der Waals surface area contributed by atoms with E-state index in [2.05, 4.69) is 19.8 Å². The van der Waals surface area contributed by atoms with Crippen LogP contribution in [0.25, 0.3) is 0 Å². The van der Waals surface area contributed by atoms with Gasteiger partial charge in [-0.05, 0) is 44.2 Å². The molecule has 0 unspecified atom stereocenters. The molecule has 1 fully saturated rings. The van der Waals surface area contributed by atoms with Crippen LogP contribution in [0, 0.1) is 0 Å². The van der Waals surface area contributed by atoms with Crippen LogP contribution in [0.1, 0.15) is 25.7 Å². The summed E-state index contributed by atoms with van der Waals surface area (Å²) in [5.41, 5.74) is 1.03. The maximum absolute atomic E-state index is 12.8. The zero-order chi connectivity index (χ0) is 24.3. The summed E-state index contributed by atoms with van der Waals surface area (Å²) in [6.45, 7) is 7.09. The van der Waals surface area contributed by atoms with Crippen LogP contribution >= 0.6 is 23.2 Å². The van der Waals surface area contributed by atoms with Crippen LogP contribution in [-0.4, -0.2) is 49.5 Å². The molecule has 2 aromatic carbocycles. The van der Waals surface area contributed by atoms with E-state index in [-0.39, 0.29) is 21.0 Å². The quantitative estimate of drug-likeness (QED) is 0.468. The lowest BCUT2D eigenvalue weighted by atomic mass is 10.2. The highest BCUT2D eigenvalue weighted by molar-refractivity contribution is 7.89. The molecule has 182 valence electrons. The SMILES string of the molecule is CCn1c(Oc2cccc(N3CCOCC3)c2)nnc1[C@@H](C)NS(=O)(=O)c1ccc(Cl)c(Cl)c1. The number of ether oxygens (including phenoxy) is 2. The van der Waals surface area contributed by atoms with Gasteiger partial charge in [0.2, 0.25) is 10.0 Å². The smallest absolute Gasteiger partial charge is 0.322 e. The van der Waals surface area contributed by atoms with E-state index in [1.807, 2.05) is 31.2 Å². The summed E-state index contributed by atoms with van der Waals surface area (Å²) in [4.78, 5) is 2.24. The fourth-order valence-corrected chi connectivity index (χ4v) is 5.25. The van der Waals surface area contributed by atoms with E-state index < -0.39 is 16.1 Å². The van der Waals surface area contributed by atoms with Crippen LogP contribution in [0.4, 0.5) is 5.69 Å². The second-order valence-electron chi connectivity index (χ2n) is 7.70. The van der Waals surface area contributed by atoms with Gasteiger partial charge in [0, 0.05) is 31.4 Å². The molecule has 34 heavy (non-hydrogen) atoms. The van der Waals surface area contributed by atoms with Gasteiger partial charge < -0.3 is 14.4 Å². The van der Waals surface area contributed by atoms with Crippen molar-refractivity contribution in [1.29, 1.82) is 0 Å². The average Bonchev–Trinajstić information content (AvgIpc) is 3.24. The Labute approximate surface area is 208 Å². The van der Waals surface area contributed by atoms with Gasteiger partial charge in [-0.25, -0.2) is 13.1 Å². The lowest BCUT2D eigenvalue weighted by Crippen LogP contribution is -2.36. The summed E-state index contributed by atoms with van der Waals surface area (Å²) < 4.78 is 41.5. The van der Waals surface area contributed by atoms with Gasteiger partial charge in [0.1, 0.15) is 5.75 Å². The number of anilines is 1. The lowest BCUT2D eigenvalue weighted by Gasteiger charge is -2.29. The predicted molar refractivity (Wildman–Crippen MR) is 130 cm³/mol. The van der Waals surface area contributed by atoms with Crippen molar-refractivity contribution in [3.05, 3.63) is 58.3 Å². The third kappa shape index (κ3) is 5.47. The standard InChI is InChI=1S/C22H25Cl2N5O4S/c1-3-29-21(15(2)27-34(30,31)18-7-8-19(23)20(24)14-18)25-26-22(29)33-17-6-4-5-16(13-17)28-9-11-32-12-10-28/h4-8,13-15,27H,3,9-12H2,1-2H3/t15-/m1/s1. The second-order valence-corrected chi connectivity index (χ2v) is 10.2. The van der Waals surface area contributed by atoms with Crippen molar-refractivity contribution in [2.24, 2.45) is 0 Å². The van der Waals surface area contributed by atoms with Crippen molar-refractivity contribution in [3.8, 4) is 11.8 Å². The van der Waals surface area contributed by atoms with Crippen molar-refractivity contribution in [2.45, 2.75) is 31.3 Å². The third-order valence-electron chi connectivity index (χ3n) is 5.39. The molecule has 12 heteroatoms. The van der Waals surface area contributed by atoms with Crippen LogP contribution in [0.2, 0.25) is 10.0 Å². The molecule has 1 saturated heterocycles. The number of hydrogen-bond donors (Lipinski definition) is 1. The number of nitrogens with one attached hydrogen (secondary N) is 1. The molecule has 0 spiro atoms. The normalized spacial score (nSPS) is 15.4. The summed E-state index contributed by atoms with van der Waals surface area (Å²) in [6.07, 6.45) is 0. The van der Waals surface area contributed by atoms with Crippen molar-refractivity contribution in [3.63, 3.8) is 0 Å². The summed E-state index contributed by atoms with van der Waals surface area (Å²) in [6, 6.07) is 11.5. The number of nitrogens with zero attached hydrogens (tertiary/aromatic N) is 4. The Kier molecular flexibility index (Phi) is 7.63. The molecular formula is C22H25Cl2N5O4S. The summed E-state index contributed by atoms with van der Waals surface area (Å²) in [5.74, 6) is 1.03. The maximum Gasteiger partial charge on any atom is 0.322 e. The average molecular weight is 526 g/mol. The number of halogens is 2. The molecule has 1 atom stereocenters. The highest BCUT2D eigenvalue weighted by atomic mass is 35.5. The van der Waals surface area contributed by atoms with E-state index in [1.165, 1.54) is 18.2 Å². The Morgan fingerprint density at radius 1 is 1.12 bits per heavy atom. The molecule has 1 aliphatic rings. The molecule has 1 N–H and O–H groups in total. The molecule has 3 aromatic rings. The van der Waals surface area contributed by atoms with E-state index in [0.717, 1.165) is 18.8 Å². The molecule has 0 aliphatic carbocycles. The first kappa shape index (κ1) is 24.7. The van der Waals surface area contributed by atoms with Crippen LogP contribution in [0.3, 0.4) is 0 Å². The molecule has 0 saturated carbocycles. The van der Waals surface area contributed by atoms with Crippen LogP contribution in [0.5, 0.6) is 11.8 Å². The van der Waals surface area contributed by atoms with Gasteiger partial charge in [-0.1, -0.05) is 34.4 Å². The van der Waals surface area contributed by atoms with E-state index in [9.17, 15) is 8.42 Å². The second kappa shape index (κ2) is 10.5. The fraction of sp³-hybridized carbons (Fsp3) is 0.364. The molecule has 4 rings (SSSR count). The molecule has 9 nitrogen and oxygen atoms in total. The lowest BCUT2D eigenvalue weighted by molar-refractivity contribution is 0.122. The number of rotatable bonds is 8. The van der Waals surface area contributed by atoms with Gasteiger partial charge in [0.25, 0.3) is 0 Å². The van der Waals surface area contributed by atoms with Crippen molar-refractivity contribution >= 4 is 38.9 Å². The Bertz CT molecular complexity index is 1260. The minimum Gasteiger partial charge on any atom is -0.424 e. The number of sulfonamides is 1. The van der Waals surface area contributed by atoms with E-state index in [1.54, 1.807) is 11.5 Å². The Hall–Kier alpha value is -2.37. The molecule has 1 aliphatic heterocycles. The minimum absolute atomic E-state index is 0.00714. The Balaban J connectivity index is 1.52. The molecular weight excluding hydrogens is 501 g/mol. The number of hydrogen-bond acceptors (Lipinski definition) is 7. The van der Waals surface area contributed by atoms with Gasteiger partial charge >= 0.3 is 6.01 Å². The first-order chi connectivity index (χ1) is 16.3. The molecule has 0 amide bonds. The Morgan fingerprint density at radius 3 is 2.59 bits per heavy atom. The summed E-state index contributed by atoms with van der Waals surface area (Å²) in [7, 11) is -3.87. The minimum atomic E-state index is -3.87. The van der Waals surface area contributed by atoms with Gasteiger partial charge in [0.15, 0.2) is 5.82 Å². The highest BCUT2D eigenvalue weighted by Crippen LogP contribution is 2.29. The number of aromatic nitrogens is 3. The van der Waals surface area contributed by atoms with E-state index >= 15 is 0 Å². The van der Waals surface area contributed by atoms with Gasteiger partial charge in [0.05, 0.1) is 34.2 Å². The van der Waals surface area contributed by atoms with E-state index in [4.69, 9.17) is 32.7 Å². The van der Waals surface area contributed by atoms with Crippen LogP contribution in [0.15, 0.2) is 47.4 Å². The highest BCUT2D eigenvalue weighted by Gasteiger charge is 2.25. The van der Waals surface area contributed by atoms with Crippen molar-refractivity contribution in [2.75, 3.05) is 31.2 Å². The zero-order valence-corrected chi connectivity index (χ0v) is 21.1.